The lowest BCUT2D eigenvalue weighted by Crippen LogP contribution is -2.15. The van der Waals surface area contributed by atoms with Gasteiger partial charge in [0.15, 0.2) is 7.33 Å². The molecular weight excluding hydrogens is 413 g/mol. The Bertz CT molecular complexity index is 551. The largest absolute Gasteiger partial charge is 0.191 e. The van der Waals surface area contributed by atoms with Crippen LogP contribution in [0, 0.1) is 0 Å². The number of hydrogen-bond acceptors (Lipinski definition) is 1. The first-order valence-corrected chi connectivity index (χ1v) is 8.77. The average Bonchev–Trinajstić information content (AvgIpc) is 2.38. The molecule has 2 aromatic rings. The number of thioether (sulfide) groups is 1. The van der Waals surface area contributed by atoms with Crippen LogP contribution in [0.15, 0.2) is 48.5 Å². The zero-order valence-corrected chi connectivity index (χ0v) is 15.6. The molecule has 0 N–H and O–H groups in total. The number of hydrogen-bond donors (Lipinski definition) is 0. The SMILES string of the molecule is Clc1ccc(C(Cl)(Cl)SC(Cl)(Cl)c2ccc(Cl)cc2)cc1. The van der Waals surface area contributed by atoms with Crippen LogP contribution in [0.25, 0.3) is 0 Å². The molecule has 112 valence electrons. The molecule has 0 atom stereocenters. The van der Waals surface area contributed by atoms with Gasteiger partial charge in [-0.1, -0.05) is 106 Å². The minimum Gasteiger partial charge on any atom is -0.0843 e. The van der Waals surface area contributed by atoms with Crippen molar-refractivity contribution in [3.63, 3.8) is 0 Å². The maximum atomic E-state index is 6.37. The Hall–Kier alpha value is 0.530. The van der Waals surface area contributed by atoms with Crippen molar-refractivity contribution in [2.24, 2.45) is 0 Å². The fourth-order valence-corrected chi connectivity index (χ4v) is 5.02. The van der Waals surface area contributed by atoms with E-state index in [1.807, 2.05) is 0 Å². The highest BCUT2D eigenvalue weighted by Crippen LogP contribution is 2.58. The molecule has 0 heterocycles. The number of rotatable bonds is 4. The molecule has 2 rings (SSSR count). The van der Waals surface area contributed by atoms with Crippen molar-refractivity contribution >= 4 is 81.4 Å². The van der Waals surface area contributed by atoms with Crippen LogP contribution in [-0.2, 0) is 7.33 Å². The molecule has 0 spiro atoms. The highest BCUT2D eigenvalue weighted by atomic mass is 35.5. The van der Waals surface area contributed by atoms with Crippen molar-refractivity contribution in [3.8, 4) is 0 Å². The molecule has 0 radical (unpaired) electrons. The second kappa shape index (κ2) is 6.97. The highest BCUT2D eigenvalue weighted by Gasteiger charge is 2.40. The zero-order chi connectivity index (χ0) is 15.7. The monoisotopic (exact) mass is 418 g/mol. The molecule has 0 fully saturated rings. The summed E-state index contributed by atoms with van der Waals surface area (Å²) in [6.07, 6.45) is 0. The van der Waals surface area contributed by atoms with Crippen molar-refractivity contribution in [2.45, 2.75) is 7.33 Å². The maximum absolute atomic E-state index is 6.37. The van der Waals surface area contributed by atoms with E-state index in [9.17, 15) is 0 Å². The van der Waals surface area contributed by atoms with Gasteiger partial charge in [0.2, 0.25) is 0 Å². The highest BCUT2D eigenvalue weighted by molar-refractivity contribution is 8.05. The first-order chi connectivity index (χ1) is 9.71. The van der Waals surface area contributed by atoms with Crippen LogP contribution in [0.4, 0.5) is 0 Å². The molecule has 0 aliphatic rings. The summed E-state index contributed by atoms with van der Waals surface area (Å²) in [5.74, 6) is 0. The molecule has 0 aliphatic carbocycles. The summed E-state index contributed by atoms with van der Waals surface area (Å²) in [4.78, 5) is 0. The molecule has 0 saturated heterocycles. The molecule has 0 aliphatic heterocycles. The van der Waals surface area contributed by atoms with Crippen LogP contribution < -0.4 is 0 Å². The topological polar surface area (TPSA) is 0 Å². The van der Waals surface area contributed by atoms with E-state index in [0.29, 0.717) is 21.2 Å². The van der Waals surface area contributed by atoms with E-state index in [1.54, 1.807) is 48.5 Å². The molecular formula is C14H8Cl6S. The van der Waals surface area contributed by atoms with Crippen LogP contribution in [0.5, 0.6) is 0 Å². The van der Waals surface area contributed by atoms with Gasteiger partial charge in [0.1, 0.15) is 0 Å². The normalized spacial score (nSPS) is 12.5. The summed E-state index contributed by atoms with van der Waals surface area (Å²) < 4.78 is -2.65. The number of benzene rings is 2. The van der Waals surface area contributed by atoms with Crippen molar-refractivity contribution in [2.75, 3.05) is 0 Å². The Labute approximate surface area is 157 Å². The van der Waals surface area contributed by atoms with Gasteiger partial charge >= 0.3 is 0 Å². The minimum atomic E-state index is -1.33. The lowest BCUT2D eigenvalue weighted by atomic mass is 10.2. The standard InChI is InChI=1S/C14H8Cl6S/c15-11-5-1-9(2-6-11)13(17,18)21-14(19,20)10-3-7-12(16)8-4-10/h1-8H. The fourth-order valence-electron chi connectivity index (χ4n) is 1.57. The van der Waals surface area contributed by atoms with E-state index in [-0.39, 0.29) is 0 Å². The van der Waals surface area contributed by atoms with E-state index in [2.05, 4.69) is 0 Å². The van der Waals surface area contributed by atoms with Gasteiger partial charge in [-0.15, -0.1) is 0 Å². The summed E-state index contributed by atoms with van der Waals surface area (Å²) in [7, 11) is 0. The summed E-state index contributed by atoms with van der Waals surface area (Å²) >= 11 is 38.2. The summed E-state index contributed by atoms with van der Waals surface area (Å²) in [6, 6.07) is 13.7. The van der Waals surface area contributed by atoms with Gasteiger partial charge in [0.25, 0.3) is 0 Å². The Morgan fingerprint density at radius 3 is 1.14 bits per heavy atom. The van der Waals surface area contributed by atoms with Gasteiger partial charge in [-0.2, -0.15) is 0 Å². The molecule has 21 heavy (non-hydrogen) atoms. The molecule has 7 heteroatoms. The molecule has 0 saturated carbocycles. The smallest absolute Gasteiger partial charge is 0.0843 e. The van der Waals surface area contributed by atoms with E-state index in [4.69, 9.17) is 69.6 Å². The van der Waals surface area contributed by atoms with Crippen LogP contribution in [0.2, 0.25) is 10.0 Å². The van der Waals surface area contributed by atoms with Crippen molar-refractivity contribution in [1.82, 2.24) is 0 Å². The summed E-state index contributed by atoms with van der Waals surface area (Å²) in [5.41, 5.74) is 1.28. The Morgan fingerprint density at radius 2 is 0.857 bits per heavy atom. The second-order valence-electron chi connectivity index (χ2n) is 4.15. The molecule has 0 amide bonds. The van der Waals surface area contributed by atoms with Crippen LogP contribution in [0.1, 0.15) is 11.1 Å². The first kappa shape index (κ1) is 17.9. The van der Waals surface area contributed by atoms with E-state index >= 15 is 0 Å². The van der Waals surface area contributed by atoms with Gasteiger partial charge in [0, 0.05) is 10.0 Å². The third-order valence-corrected chi connectivity index (χ3v) is 5.90. The van der Waals surface area contributed by atoms with Gasteiger partial charge < -0.3 is 0 Å². The van der Waals surface area contributed by atoms with Gasteiger partial charge in [-0.25, -0.2) is 0 Å². The van der Waals surface area contributed by atoms with Crippen molar-refractivity contribution < 1.29 is 0 Å². The van der Waals surface area contributed by atoms with E-state index in [0.717, 1.165) is 11.8 Å². The molecule has 0 aromatic heterocycles. The van der Waals surface area contributed by atoms with E-state index < -0.39 is 7.33 Å². The van der Waals surface area contributed by atoms with Crippen LogP contribution in [-0.4, -0.2) is 0 Å². The predicted molar refractivity (Wildman–Crippen MR) is 97.3 cm³/mol. The lowest BCUT2D eigenvalue weighted by molar-refractivity contribution is 1.19. The quantitative estimate of drug-likeness (QED) is 0.459. The van der Waals surface area contributed by atoms with Crippen LogP contribution in [0.3, 0.4) is 0 Å². The predicted octanol–water partition coefficient (Wildman–Crippen LogP) is 7.60. The van der Waals surface area contributed by atoms with E-state index in [1.165, 1.54) is 0 Å². The molecule has 0 nitrogen and oxygen atoms in total. The van der Waals surface area contributed by atoms with Crippen molar-refractivity contribution in [1.29, 1.82) is 0 Å². The van der Waals surface area contributed by atoms with Crippen molar-refractivity contribution in [3.05, 3.63) is 69.7 Å². The Morgan fingerprint density at radius 1 is 0.571 bits per heavy atom. The van der Waals surface area contributed by atoms with Gasteiger partial charge in [-0.05, 0) is 35.4 Å². The zero-order valence-electron chi connectivity index (χ0n) is 10.3. The lowest BCUT2D eigenvalue weighted by Gasteiger charge is -2.28. The molecule has 0 unspecified atom stereocenters. The number of halogens is 6. The number of alkyl halides is 4. The summed E-state index contributed by atoms with van der Waals surface area (Å²) in [5, 5.41) is 1.18. The first-order valence-electron chi connectivity index (χ1n) is 5.68. The maximum Gasteiger partial charge on any atom is 0.191 e. The third-order valence-electron chi connectivity index (χ3n) is 2.62. The second-order valence-corrected chi connectivity index (χ2v) is 10.0. The molecule has 2 aromatic carbocycles. The molecule has 0 bridgehead atoms. The Kier molecular flexibility index (Phi) is 5.93. The summed E-state index contributed by atoms with van der Waals surface area (Å²) in [6.45, 7) is 0. The average molecular weight is 421 g/mol. The Balaban J connectivity index is 2.25. The van der Waals surface area contributed by atoms with Gasteiger partial charge in [0.05, 0.1) is 0 Å². The third kappa shape index (κ3) is 4.75. The fraction of sp³-hybridized carbons (Fsp3) is 0.143. The van der Waals surface area contributed by atoms with Gasteiger partial charge in [-0.3, -0.25) is 0 Å². The van der Waals surface area contributed by atoms with Crippen LogP contribution >= 0.6 is 81.4 Å². The minimum absolute atomic E-state index is 0.591.